The molecule has 1 saturated carbocycles. The molecule has 1 aliphatic carbocycles. The van der Waals surface area contributed by atoms with E-state index < -0.39 is 35.7 Å². The molecule has 4 atom stereocenters. The highest BCUT2D eigenvalue weighted by atomic mass is 19.2. The van der Waals surface area contributed by atoms with Crippen LogP contribution in [-0.2, 0) is 0 Å². The molecule has 230 valence electrons. The van der Waals surface area contributed by atoms with E-state index in [-0.39, 0.29) is 42.5 Å². The summed E-state index contributed by atoms with van der Waals surface area (Å²) in [7, 11) is 0. The topological polar surface area (TPSA) is 136 Å². The van der Waals surface area contributed by atoms with Crippen LogP contribution in [0.3, 0.4) is 0 Å². The van der Waals surface area contributed by atoms with Gasteiger partial charge in [0.1, 0.15) is 0 Å². The summed E-state index contributed by atoms with van der Waals surface area (Å²) in [6.45, 7) is 1.25. The number of hydrogen-bond acceptors (Lipinski definition) is 5. The second-order valence-corrected chi connectivity index (χ2v) is 11.9. The van der Waals surface area contributed by atoms with Crippen LogP contribution in [0, 0.1) is 11.6 Å². The summed E-state index contributed by atoms with van der Waals surface area (Å²) in [5.41, 5.74) is 1.26. The zero-order chi connectivity index (χ0) is 30.1. The molecular formula is C30H37F2N7O4. The van der Waals surface area contributed by atoms with Gasteiger partial charge in [-0.3, -0.25) is 9.55 Å². The van der Waals surface area contributed by atoms with E-state index in [1.807, 2.05) is 6.07 Å². The van der Waals surface area contributed by atoms with Crippen LogP contribution in [0.4, 0.5) is 18.4 Å². The number of aliphatic hydroxyl groups excluding tert-OH is 1. The van der Waals surface area contributed by atoms with Crippen molar-refractivity contribution in [1.29, 1.82) is 0 Å². The maximum absolute atomic E-state index is 14.8. The van der Waals surface area contributed by atoms with Crippen molar-refractivity contribution in [3.8, 4) is 0 Å². The number of carbonyl (C=O) groups is 2. The summed E-state index contributed by atoms with van der Waals surface area (Å²) in [6.07, 6.45) is 5.20. The van der Waals surface area contributed by atoms with Crippen LogP contribution in [0.2, 0.25) is 0 Å². The number of aromatic nitrogens is 3. The zero-order valence-corrected chi connectivity index (χ0v) is 23.8. The Balaban J connectivity index is 1.13. The number of rotatable bonds is 4. The average Bonchev–Trinajstić information content (AvgIpc) is 3.48. The predicted octanol–water partition coefficient (Wildman–Crippen LogP) is 3.22. The molecule has 1 aromatic carbocycles. The van der Waals surface area contributed by atoms with Crippen molar-refractivity contribution in [2.75, 3.05) is 26.2 Å². The van der Waals surface area contributed by atoms with Gasteiger partial charge in [0.05, 0.1) is 17.7 Å². The number of aromatic amines is 1. The number of urea groups is 2. The Bertz CT molecular complexity index is 1540. The number of nitrogens with one attached hydrogen (secondary N) is 3. The maximum Gasteiger partial charge on any atom is 0.327 e. The van der Waals surface area contributed by atoms with Crippen molar-refractivity contribution in [3.05, 3.63) is 64.2 Å². The molecule has 4 amide bonds. The lowest BCUT2D eigenvalue weighted by Gasteiger charge is -2.34. The van der Waals surface area contributed by atoms with Gasteiger partial charge in [-0.1, -0.05) is 12.1 Å². The van der Waals surface area contributed by atoms with Crippen LogP contribution in [0.5, 0.6) is 0 Å². The lowest BCUT2D eigenvalue weighted by molar-refractivity contribution is 0.138. The number of hydrogen-bond donors (Lipinski definition) is 4. The fourth-order valence-corrected chi connectivity index (χ4v) is 6.84. The number of amides is 4. The van der Waals surface area contributed by atoms with Gasteiger partial charge >= 0.3 is 17.8 Å². The quantitative estimate of drug-likeness (QED) is 0.366. The number of imidazole rings is 1. The summed E-state index contributed by atoms with van der Waals surface area (Å²) in [6, 6.07) is 6.20. The third-order valence-corrected chi connectivity index (χ3v) is 9.18. The smallest absolute Gasteiger partial charge is 0.327 e. The van der Waals surface area contributed by atoms with Gasteiger partial charge in [-0.25, -0.2) is 28.1 Å². The molecule has 4 heterocycles. The van der Waals surface area contributed by atoms with Gasteiger partial charge in [-0.05, 0) is 68.7 Å². The van der Waals surface area contributed by atoms with E-state index in [2.05, 4.69) is 20.6 Å². The normalized spacial score (nSPS) is 25.1. The average molecular weight is 598 g/mol. The number of benzene rings is 1. The number of likely N-dealkylation sites (tertiary alicyclic amines) is 2. The summed E-state index contributed by atoms with van der Waals surface area (Å²) < 4.78 is 30.6. The van der Waals surface area contributed by atoms with E-state index in [0.29, 0.717) is 57.3 Å². The van der Waals surface area contributed by atoms with E-state index in [0.717, 1.165) is 18.0 Å². The van der Waals surface area contributed by atoms with Crippen LogP contribution >= 0.6 is 0 Å². The number of carbonyl (C=O) groups excluding carboxylic acids is 2. The molecule has 13 heteroatoms. The summed E-state index contributed by atoms with van der Waals surface area (Å²) in [5.74, 6) is -2.32. The number of piperidine rings is 1. The molecule has 4 N–H and O–H groups in total. The molecule has 2 aromatic heterocycles. The van der Waals surface area contributed by atoms with Crippen LogP contribution < -0.4 is 16.3 Å². The second kappa shape index (κ2) is 12.3. The Hall–Kier alpha value is -4.00. The third-order valence-electron chi connectivity index (χ3n) is 9.18. The molecule has 0 spiro atoms. The van der Waals surface area contributed by atoms with Gasteiger partial charge in [-0.2, -0.15) is 0 Å². The monoisotopic (exact) mass is 597 g/mol. The molecule has 2 saturated heterocycles. The van der Waals surface area contributed by atoms with Gasteiger partial charge in [0.2, 0.25) is 0 Å². The highest BCUT2D eigenvalue weighted by molar-refractivity contribution is 5.76. The van der Waals surface area contributed by atoms with E-state index in [1.54, 1.807) is 26.6 Å². The molecule has 43 heavy (non-hydrogen) atoms. The van der Waals surface area contributed by atoms with E-state index >= 15 is 0 Å². The lowest BCUT2D eigenvalue weighted by Crippen LogP contribution is -2.54. The minimum absolute atomic E-state index is 0.0700. The third kappa shape index (κ3) is 6.08. The standard InChI is InChI=1S/C30H37F2N7O4/c31-22-5-1-4-21(26(22)32)18-9-10-19(17-38(16-18)29(42)35-23-6-2-8-25(23)40)34-28(41)37-14-11-20(12-15-37)39-24-7-3-13-33-27(24)36-30(39)43/h1,3-5,7,13,18-20,23,25,40H,2,6,8-12,14-17H2,(H,34,41)(H,35,42)(H,33,36,43)/t18-,19-,23+,25+/m1/s1. The number of H-pyrrole nitrogens is 1. The maximum atomic E-state index is 14.8. The van der Waals surface area contributed by atoms with Crippen LogP contribution in [0.1, 0.15) is 62.5 Å². The van der Waals surface area contributed by atoms with Crippen LogP contribution in [-0.4, -0.2) is 85.9 Å². The fourth-order valence-electron chi connectivity index (χ4n) is 6.84. The summed E-state index contributed by atoms with van der Waals surface area (Å²) in [5, 5.41) is 16.2. The number of pyridine rings is 1. The largest absolute Gasteiger partial charge is 0.391 e. The molecule has 2 aliphatic heterocycles. The van der Waals surface area contributed by atoms with Gasteiger partial charge in [0, 0.05) is 50.4 Å². The van der Waals surface area contributed by atoms with Crippen LogP contribution in [0.25, 0.3) is 11.2 Å². The molecule has 0 bridgehead atoms. The molecule has 3 aromatic rings. The first-order valence-corrected chi connectivity index (χ1v) is 15.1. The van der Waals surface area contributed by atoms with Crippen LogP contribution in [0.15, 0.2) is 41.3 Å². The molecule has 0 unspecified atom stereocenters. The summed E-state index contributed by atoms with van der Waals surface area (Å²) >= 11 is 0. The first-order chi connectivity index (χ1) is 20.8. The molecule has 6 rings (SSSR count). The Labute approximate surface area is 247 Å². The van der Waals surface area contributed by atoms with Crippen molar-refractivity contribution in [2.24, 2.45) is 0 Å². The first kappa shape index (κ1) is 29.1. The number of halogens is 2. The van der Waals surface area contributed by atoms with E-state index in [4.69, 9.17) is 0 Å². The Morgan fingerprint density at radius 2 is 1.72 bits per heavy atom. The molecular weight excluding hydrogens is 560 g/mol. The van der Waals surface area contributed by atoms with Crippen molar-refractivity contribution < 1.29 is 23.5 Å². The van der Waals surface area contributed by atoms with Gasteiger partial charge in [-0.15, -0.1) is 0 Å². The van der Waals surface area contributed by atoms with Gasteiger partial charge in [0.25, 0.3) is 0 Å². The molecule has 11 nitrogen and oxygen atoms in total. The second-order valence-electron chi connectivity index (χ2n) is 11.9. The highest BCUT2D eigenvalue weighted by Crippen LogP contribution is 2.31. The van der Waals surface area contributed by atoms with Gasteiger partial charge < -0.3 is 25.5 Å². The first-order valence-electron chi connectivity index (χ1n) is 15.1. The lowest BCUT2D eigenvalue weighted by atomic mass is 9.93. The van der Waals surface area contributed by atoms with Crippen molar-refractivity contribution in [3.63, 3.8) is 0 Å². The van der Waals surface area contributed by atoms with E-state index in [9.17, 15) is 28.3 Å². The Morgan fingerprint density at radius 1 is 0.930 bits per heavy atom. The highest BCUT2D eigenvalue weighted by Gasteiger charge is 2.34. The molecule has 3 fully saturated rings. The molecule has 0 radical (unpaired) electrons. The van der Waals surface area contributed by atoms with Crippen molar-refractivity contribution in [2.45, 2.75) is 75.1 Å². The Morgan fingerprint density at radius 3 is 2.49 bits per heavy atom. The SMILES string of the molecule is O=C(N[C@@H]1CC[C@@H](c2cccc(F)c2F)CN(C(=O)N[C@H]2CCC[C@@H]2O)C1)N1CCC(n2c(=O)[nH]c3ncccc32)CC1. The summed E-state index contributed by atoms with van der Waals surface area (Å²) in [4.78, 5) is 49.6. The number of aliphatic hydroxyl groups is 1. The zero-order valence-electron chi connectivity index (χ0n) is 23.8. The van der Waals surface area contributed by atoms with Gasteiger partial charge in [0.15, 0.2) is 17.3 Å². The fraction of sp³-hybridized carbons (Fsp3) is 0.533. The number of nitrogens with zero attached hydrogens (tertiary/aromatic N) is 4. The minimum Gasteiger partial charge on any atom is -0.391 e. The van der Waals surface area contributed by atoms with Crippen molar-refractivity contribution in [1.82, 2.24) is 35.0 Å². The predicted molar refractivity (Wildman–Crippen MR) is 155 cm³/mol. The Kier molecular flexibility index (Phi) is 8.33. The van der Waals surface area contributed by atoms with E-state index in [1.165, 1.54) is 12.1 Å². The molecule has 3 aliphatic rings. The van der Waals surface area contributed by atoms with Crippen molar-refractivity contribution >= 4 is 23.2 Å². The number of fused-ring (bicyclic) bond motifs is 1. The minimum atomic E-state index is -0.939.